The Morgan fingerprint density at radius 1 is 2.00 bits per heavy atom. The molecule has 0 spiro atoms. The van der Waals surface area contributed by atoms with E-state index in [2.05, 4.69) is 15.9 Å². The number of aliphatic hydroxyl groups excluding tert-OH is 1. The molecular weight excluding hydrogens is 155 g/mol. The van der Waals surface area contributed by atoms with Crippen LogP contribution in [-0.4, -0.2) is 16.0 Å². The highest BCUT2D eigenvalue weighted by Gasteiger charge is 1.86. The van der Waals surface area contributed by atoms with Gasteiger partial charge in [-0.25, -0.2) is 0 Å². The van der Waals surface area contributed by atoms with Gasteiger partial charge in [-0.2, -0.15) is 0 Å². The minimum absolute atomic E-state index is 0.439. The number of alkyl halides is 2. The number of hydrogen-bond donors (Lipinski definition) is 1. The Morgan fingerprint density at radius 2 is 2.20 bits per heavy atom. The van der Waals surface area contributed by atoms with E-state index >= 15 is 0 Å². The maximum absolute atomic E-state index is 8.08. The summed E-state index contributed by atoms with van der Waals surface area (Å²) in [6.45, 7) is 0. The van der Waals surface area contributed by atoms with Crippen LogP contribution in [0.25, 0.3) is 0 Å². The number of halogens is 2. The van der Waals surface area contributed by atoms with E-state index in [0.717, 1.165) is 0 Å². The van der Waals surface area contributed by atoms with Crippen LogP contribution in [0.2, 0.25) is 0 Å². The standard InChI is InChI=1S/C2H4BrClO/c3-1-2(4)5/h2,5H,1H2. The molecule has 0 rings (SSSR count). The van der Waals surface area contributed by atoms with E-state index in [4.69, 9.17) is 16.7 Å². The molecule has 0 aliphatic rings. The summed E-state index contributed by atoms with van der Waals surface area (Å²) in [5.41, 5.74) is -0.727. The Bertz CT molecular complexity index is 23.6. The van der Waals surface area contributed by atoms with E-state index < -0.39 is 5.56 Å². The minimum atomic E-state index is -0.727. The van der Waals surface area contributed by atoms with Gasteiger partial charge in [-0.05, 0) is 0 Å². The van der Waals surface area contributed by atoms with Gasteiger partial charge in [0, 0.05) is 5.33 Å². The molecule has 0 fully saturated rings. The van der Waals surface area contributed by atoms with Gasteiger partial charge in [0.25, 0.3) is 0 Å². The largest absolute Gasteiger partial charge is 0.377 e. The fourth-order valence-electron chi connectivity index (χ4n) is 0. The van der Waals surface area contributed by atoms with Crippen LogP contribution < -0.4 is 0 Å². The molecule has 1 nitrogen and oxygen atoms in total. The number of hydrogen-bond acceptors (Lipinski definition) is 1. The summed E-state index contributed by atoms with van der Waals surface area (Å²) in [6.07, 6.45) is 0. The van der Waals surface area contributed by atoms with Crippen LogP contribution in [0.1, 0.15) is 0 Å². The van der Waals surface area contributed by atoms with Crippen molar-refractivity contribution in [2.24, 2.45) is 0 Å². The first kappa shape index (κ1) is 5.73. The molecule has 0 bridgehead atoms. The maximum Gasteiger partial charge on any atom is 0.137 e. The van der Waals surface area contributed by atoms with Crippen LogP contribution in [-0.2, 0) is 0 Å². The monoisotopic (exact) mass is 158 g/mol. The lowest BCUT2D eigenvalue weighted by atomic mass is 10.9. The van der Waals surface area contributed by atoms with Gasteiger partial charge in [0.05, 0.1) is 0 Å². The van der Waals surface area contributed by atoms with Crippen molar-refractivity contribution in [3.05, 3.63) is 0 Å². The summed E-state index contributed by atoms with van der Waals surface area (Å²) >= 11 is 7.90. The van der Waals surface area contributed by atoms with Crippen LogP contribution >= 0.6 is 27.5 Å². The first-order valence-electron chi connectivity index (χ1n) is 1.15. The minimum Gasteiger partial charge on any atom is -0.377 e. The lowest BCUT2D eigenvalue weighted by Gasteiger charge is -1.85. The molecule has 0 amide bonds. The van der Waals surface area contributed by atoms with Crippen molar-refractivity contribution in [1.82, 2.24) is 0 Å². The van der Waals surface area contributed by atoms with Crippen molar-refractivity contribution in [1.29, 1.82) is 0 Å². The van der Waals surface area contributed by atoms with Gasteiger partial charge < -0.3 is 5.11 Å². The highest BCUT2D eigenvalue weighted by molar-refractivity contribution is 9.09. The molecule has 0 saturated carbocycles. The van der Waals surface area contributed by atoms with E-state index in [1.54, 1.807) is 0 Å². The van der Waals surface area contributed by atoms with Gasteiger partial charge in [0.2, 0.25) is 0 Å². The molecule has 0 radical (unpaired) electrons. The normalized spacial score (nSPS) is 15.0. The summed E-state index contributed by atoms with van der Waals surface area (Å²) in [6, 6.07) is 0. The average Bonchev–Trinajstić information content (AvgIpc) is 1.38. The van der Waals surface area contributed by atoms with Gasteiger partial charge in [0.15, 0.2) is 0 Å². The van der Waals surface area contributed by atoms with Crippen LogP contribution in [0, 0.1) is 0 Å². The van der Waals surface area contributed by atoms with E-state index in [1.165, 1.54) is 0 Å². The van der Waals surface area contributed by atoms with Crippen molar-refractivity contribution in [3.63, 3.8) is 0 Å². The van der Waals surface area contributed by atoms with Crippen molar-refractivity contribution >= 4 is 27.5 Å². The van der Waals surface area contributed by atoms with Crippen LogP contribution in [0.15, 0.2) is 0 Å². The molecule has 32 valence electrons. The molecule has 1 N–H and O–H groups in total. The van der Waals surface area contributed by atoms with Crippen molar-refractivity contribution in [3.8, 4) is 0 Å². The molecule has 0 aromatic carbocycles. The molecule has 0 aromatic heterocycles. The molecular formula is C2H4BrClO. The second kappa shape index (κ2) is 2.94. The first-order chi connectivity index (χ1) is 2.27. The predicted molar refractivity (Wildman–Crippen MR) is 25.7 cm³/mol. The Morgan fingerprint density at radius 3 is 2.20 bits per heavy atom. The van der Waals surface area contributed by atoms with Crippen molar-refractivity contribution in [2.75, 3.05) is 5.33 Å². The van der Waals surface area contributed by atoms with Gasteiger partial charge in [-0.1, -0.05) is 27.5 Å². The molecule has 3 heteroatoms. The van der Waals surface area contributed by atoms with E-state index in [9.17, 15) is 0 Å². The van der Waals surface area contributed by atoms with E-state index in [1.807, 2.05) is 0 Å². The van der Waals surface area contributed by atoms with Gasteiger partial charge in [-0.15, -0.1) is 0 Å². The van der Waals surface area contributed by atoms with Crippen molar-refractivity contribution in [2.45, 2.75) is 5.56 Å². The zero-order chi connectivity index (χ0) is 4.28. The van der Waals surface area contributed by atoms with Crippen LogP contribution in [0.5, 0.6) is 0 Å². The first-order valence-corrected chi connectivity index (χ1v) is 2.71. The third-order valence-electron chi connectivity index (χ3n) is 0.127. The molecule has 1 unspecified atom stereocenters. The zero-order valence-corrected chi connectivity index (χ0v) is 4.83. The Balaban J connectivity index is 2.54. The maximum atomic E-state index is 8.08. The fraction of sp³-hybridized carbons (Fsp3) is 1.00. The molecule has 1 atom stereocenters. The third kappa shape index (κ3) is 4.73. The highest BCUT2D eigenvalue weighted by atomic mass is 79.9. The molecule has 5 heavy (non-hydrogen) atoms. The topological polar surface area (TPSA) is 20.2 Å². The summed E-state index contributed by atoms with van der Waals surface area (Å²) in [5, 5.41) is 8.52. The highest BCUT2D eigenvalue weighted by Crippen LogP contribution is 1.92. The quantitative estimate of drug-likeness (QED) is 0.565. The fourth-order valence-corrected chi connectivity index (χ4v) is 0. The van der Waals surface area contributed by atoms with E-state index in [-0.39, 0.29) is 0 Å². The lowest BCUT2D eigenvalue weighted by molar-refractivity contribution is 0.282. The smallest absolute Gasteiger partial charge is 0.137 e. The molecule has 0 aliphatic carbocycles. The van der Waals surface area contributed by atoms with Crippen molar-refractivity contribution < 1.29 is 5.11 Å². The SMILES string of the molecule is OC(Cl)CBr. The Kier molecular flexibility index (Phi) is 3.37. The molecule has 0 aliphatic heterocycles. The second-order valence-corrected chi connectivity index (χ2v) is 1.74. The summed E-state index contributed by atoms with van der Waals surface area (Å²) < 4.78 is 0. The van der Waals surface area contributed by atoms with Crippen LogP contribution in [0.3, 0.4) is 0 Å². The zero-order valence-electron chi connectivity index (χ0n) is 2.49. The number of rotatable bonds is 1. The van der Waals surface area contributed by atoms with Crippen LogP contribution in [0.4, 0.5) is 0 Å². The van der Waals surface area contributed by atoms with E-state index in [0.29, 0.717) is 5.33 Å². The third-order valence-corrected chi connectivity index (χ3v) is 1.27. The predicted octanol–water partition coefficient (Wildman–Crippen LogP) is 0.939. The molecule has 0 saturated heterocycles. The molecule has 0 aromatic rings. The summed E-state index contributed by atoms with van der Waals surface area (Å²) in [7, 11) is 0. The number of aliphatic hydroxyl groups is 1. The Labute approximate surface area is 44.1 Å². The average molecular weight is 159 g/mol. The van der Waals surface area contributed by atoms with Gasteiger partial charge in [0.1, 0.15) is 5.56 Å². The second-order valence-electron chi connectivity index (χ2n) is 0.589. The van der Waals surface area contributed by atoms with Gasteiger partial charge in [-0.3, -0.25) is 0 Å². The van der Waals surface area contributed by atoms with Gasteiger partial charge >= 0.3 is 0 Å². The summed E-state index contributed by atoms with van der Waals surface area (Å²) in [4.78, 5) is 0. The Hall–Kier alpha value is 0.730. The lowest BCUT2D eigenvalue weighted by Crippen LogP contribution is -1.93. The molecule has 0 heterocycles. The summed E-state index contributed by atoms with van der Waals surface area (Å²) in [5.74, 6) is 0.